The summed E-state index contributed by atoms with van der Waals surface area (Å²) in [6, 6.07) is 3.40. The molecule has 0 saturated carbocycles. The second kappa shape index (κ2) is 7.28. The molecule has 1 aliphatic heterocycles. The number of hydrogen-bond acceptors (Lipinski definition) is 2. The molecule has 2 atom stereocenters. The Morgan fingerprint density at radius 1 is 1.33 bits per heavy atom. The Balaban J connectivity index is 1.94. The molecule has 0 spiro atoms. The predicted molar refractivity (Wildman–Crippen MR) is 87.7 cm³/mol. The van der Waals surface area contributed by atoms with E-state index in [4.69, 9.17) is 23.2 Å². The van der Waals surface area contributed by atoms with Gasteiger partial charge >= 0.3 is 0 Å². The summed E-state index contributed by atoms with van der Waals surface area (Å²) in [5.41, 5.74) is 0.650. The molecular weight excluding hydrogens is 310 g/mol. The highest BCUT2D eigenvalue weighted by Gasteiger charge is 2.25. The Labute approximate surface area is 136 Å². The number of hydrogen-bond donors (Lipinski definition) is 1. The van der Waals surface area contributed by atoms with Crippen molar-refractivity contribution < 1.29 is 4.39 Å². The number of likely N-dealkylation sites (tertiary alicyclic amines) is 1. The van der Waals surface area contributed by atoms with E-state index >= 15 is 0 Å². The lowest BCUT2D eigenvalue weighted by Crippen LogP contribution is -2.31. The molecule has 1 fully saturated rings. The van der Waals surface area contributed by atoms with Crippen LogP contribution in [0.5, 0.6) is 0 Å². The van der Waals surface area contributed by atoms with Crippen LogP contribution in [-0.2, 0) is 0 Å². The number of benzene rings is 1. The van der Waals surface area contributed by atoms with Crippen LogP contribution >= 0.6 is 23.2 Å². The first-order valence-electron chi connectivity index (χ1n) is 7.51. The van der Waals surface area contributed by atoms with Crippen LogP contribution in [0.2, 0.25) is 10.0 Å². The van der Waals surface area contributed by atoms with Crippen LogP contribution in [0.1, 0.15) is 38.8 Å². The molecule has 1 aliphatic rings. The van der Waals surface area contributed by atoms with E-state index < -0.39 is 5.82 Å². The topological polar surface area (TPSA) is 15.3 Å². The average Bonchev–Trinajstić information content (AvgIpc) is 2.90. The molecule has 0 amide bonds. The van der Waals surface area contributed by atoms with E-state index in [0.29, 0.717) is 22.5 Å². The molecule has 0 aromatic heterocycles. The lowest BCUT2D eigenvalue weighted by Gasteiger charge is -2.22. The maximum Gasteiger partial charge on any atom is 0.142 e. The summed E-state index contributed by atoms with van der Waals surface area (Å²) in [6.45, 7) is 9.59. The van der Waals surface area contributed by atoms with Crippen molar-refractivity contribution >= 4 is 23.2 Å². The highest BCUT2D eigenvalue weighted by atomic mass is 35.5. The number of halogens is 3. The minimum Gasteiger partial charge on any atom is -0.310 e. The van der Waals surface area contributed by atoms with Gasteiger partial charge in [0.1, 0.15) is 5.82 Å². The third-order valence-electron chi connectivity index (χ3n) is 4.27. The smallest absolute Gasteiger partial charge is 0.142 e. The fourth-order valence-corrected chi connectivity index (χ4v) is 3.58. The van der Waals surface area contributed by atoms with Crippen molar-refractivity contribution in [1.29, 1.82) is 0 Å². The minimum absolute atomic E-state index is 0.0613. The molecule has 1 aromatic rings. The Kier molecular flexibility index (Phi) is 5.89. The fraction of sp³-hybridized carbons (Fsp3) is 0.625. The first kappa shape index (κ1) is 17.0. The zero-order valence-electron chi connectivity index (χ0n) is 12.8. The molecule has 1 saturated heterocycles. The van der Waals surface area contributed by atoms with E-state index in [0.717, 1.165) is 19.6 Å². The summed E-state index contributed by atoms with van der Waals surface area (Å²) < 4.78 is 13.6. The van der Waals surface area contributed by atoms with E-state index in [-0.39, 0.29) is 11.1 Å². The van der Waals surface area contributed by atoms with Gasteiger partial charge in [-0.1, -0.05) is 23.2 Å². The Bertz CT molecular complexity index is 493. The molecule has 2 unspecified atom stereocenters. The fourth-order valence-electron chi connectivity index (χ4n) is 2.88. The second-order valence-electron chi connectivity index (χ2n) is 6.13. The van der Waals surface area contributed by atoms with Crippen LogP contribution in [0.3, 0.4) is 0 Å². The lowest BCUT2D eigenvalue weighted by molar-refractivity contribution is 0.263. The summed E-state index contributed by atoms with van der Waals surface area (Å²) >= 11 is 12.2. The molecule has 21 heavy (non-hydrogen) atoms. The first-order valence-corrected chi connectivity index (χ1v) is 8.26. The highest BCUT2D eigenvalue weighted by Crippen LogP contribution is 2.32. The normalized spacial score (nSPS) is 21.2. The standard InChI is InChI=1S/C16H23Cl2FN2/c1-10(2)21-7-6-12(9-21)8-20-11(3)15-13(17)4-5-14(19)16(15)18/h4-5,10-12,20H,6-9H2,1-3H3. The molecule has 2 nitrogen and oxygen atoms in total. The quantitative estimate of drug-likeness (QED) is 0.798. The molecule has 118 valence electrons. The van der Waals surface area contributed by atoms with Gasteiger partial charge in [0, 0.05) is 29.2 Å². The van der Waals surface area contributed by atoms with Crippen molar-refractivity contribution in [3.8, 4) is 0 Å². The maximum atomic E-state index is 13.6. The monoisotopic (exact) mass is 332 g/mol. The van der Waals surface area contributed by atoms with E-state index in [2.05, 4.69) is 24.1 Å². The third kappa shape index (κ3) is 4.10. The average molecular weight is 333 g/mol. The van der Waals surface area contributed by atoms with Crippen LogP contribution in [0.15, 0.2) is 12.1 Å². The Hall–Kier alpha value is -0.350. The van der Waals surface area contributed by atoms with Crippen molar-refractivity contribution in [2.75, 3.05) is 19.6 Å². The van der Waals surface area contributed by atoms with E-state index in [1.807, 2.05) is 6.92 Å². The molecule has 0 bridgehead atoms. The van der Waals surface area contributed by atoms with Crippen LogP contribution in [0.4, 0.5) is 4.39 Å². The van der Waals surface area contributed by atoms with E-state index in [1.54, 1.807) is 6.07 Å². The Morgan fingerprint density at radius 3 is 2.67 bits per heavy atom. The SMILES string of the molecule is CC(NCC1CCN(C(C)C)C1)c1c(Cl)ccc(F)c1Cl. The van der Waals surface area contributed by atoms with Crippen molar-refractivity contribution in [2.24, 2.45) is 5.92 Å². The van der Waals surface area contributed by atoms with Crippen LogP contribution in [0.25, 0.3) is 0 Å². The molecule has 1 N–H and O–H groups in total. The van der Waals surface area contributed by atoms with Crippen molar-refractivity contribution in [1.82, 2.24) is 10.2 Å². The maximum absolute atomic E-state index is 13.6. The van der Waals surface area contributed by atoms with Gasteiger partial charge in [0.05, 0.1) is 5.02 Å². The molecule has 1 aromatic carbocycles. The van der Waals surface area contributed by atoms with Crippen LogP contribution in [0, 0.1) is 11.7 Å². The molecule has 5 heteroatoms. The zero-order chi connectivity index (χ0) is 15.6. The van der Waals surface area contributed by atoms with Gasteiger partial charge in [-0.25, -0.2) is 4.39 Å². The number of nitrogens with one attached hydrogen (secondary N) is 1. The van der Waals surface area contributed by atoms with Gasteiger partial charge in [-0.15, -0.1) is 0 Å². The number of rotatable bonds is 5. The van der Waals surface area contributed by atoms with Gasteiger partial charge in [0.2, 0.25) is 0 Å². The van der Waals surface area contributed by atoms with E-state index in [9.17, 15) is 4.39 Å². The van der Waals surface area contributed by atoms with E-state index in [1.165, 1.54) is 12.5 Å². The summed E-state index contributed by atoms with van der Waals surface area (Å²) in [5, 5.41) is 4.08. The van der Waals surface area contributed by atoms with Crippen molar-refractivity contribution in [3.05, 3.63) is 33.6 Å². The Morgan fingerprint density at radius 2 is 2.05 bits per heavy atom. The predicted octanol–water partition coefficient (Wildman–Crippen LogP) is 4.51. The molecule has 2 rings (SSSR count). The lowest BCUT2D eigenvalue weighted by atomic mass is 10.1. The van der Waals surface area contributed by atoms with Gasteiger partial charge in [-0.05, 0) is 58.3 Å². The highest BCUT2D eigenvalue weighted by molar-refractivity contribution is 6.36. The molecular formula is C16H23Cl2FN2. The van der Waals surface area contributed by atoms with Gasteiger partial charge in [-0.2, -0.15) is 0 Å². The van der Waals surface area contributed by atoms with Gasteiger partial charge in [-0.3, -0.25) is 0 Å². The van der Waals surface area contributed by atoms with Gasteiger partial charge in [0.25, 0.3) is 0 Å². The third-order valence-corrected chi connectivity index (χ3v) is 4.99. The van der Waals surface area contributed by atoms with Crippen molar-refractivity contribution in [3.63, 3.8) is 0 Å². The zero-order valence-corrected chi connectivity index (χ0v) is 14.3. The van der Waals surface area contributed by atoms with Gasteiger partial charge < -0.3 is 10.2 Å². The summed E-state index contributed by atoms with van der Waals surface area (Å²) in [4.78, 5) is 2.49. The minimum atomic E-state index is -0.420. The second-order valence-corrected chi connectivity index (χ2v) is 6.92. The van der Waals surface area contributed by atoms with Gasteiger partial charge in [0.15, 0.2) is 0 Å². The first-order chi connectivity index (χ1) is 9.90. The molecule has 1 heterocycles. The number of nitrogens with zero attached hydrogens (tertiary/aromatic N) is 1. The van der Waals surface area contributed by atoms with Crippen LogP contribution < -0.4 is 5.32 Å². The molecule has 0 radical (unpaired) electrons. The summed E-state index contributed by atoms with van der Waals surface area (Å²) in [7, 11) is 0. The molecule has 0 aliphatic carbocycles. The van der Waals surface area contributed by atoms with Crippen LogP contribution in [-0.4, -0.2) is 30.6 Å². The summed E-state index contributed by atoms with van der Waals surface area (Å²) in [6.07, 6.45) is 1.20. The summed E-state index contributed by atoms with van der Waals surface area (Å²) in [5.74, 6) is 0.206. The largest absolute Gasteiger partial charge is 0.310 e. The van der Waals surface area contributed by atoms with Crippen molar-refractivity contribution in [2.45, 2.75) is 39.3 Å².